The molecular formula is C11H10ClN5O4. The molecular weight excluding hydrogens is 302 g/mol. The summed E-state index contributed by atoms with van der Waals surface area (Å²) in [7, 11) is 1.65. The highest BCUT2D eigenvalue weighted by molar-refractivity contribution is 6.33. The molecule has 2 N–H and O–H groups in total. The Morgan fingerprint density at radius 1 is 1.57 bits per heavy atom. The summed E-state index contributed by atoms with van der Waals surface area (Å²) < 4.78 is 1.46. The number of nitrogens with zero attached hydrogens (tertiary/aromatic N) is 4. The van der Waals surface area contributed by atoms with Crippen molar-refractivity contribution in [2.45, 2.75) is 6.04 Å². The van der Waals surface area contributed by atoms with Crippen molar-refractivity contribution in [1.29, 1.82) is 0 Å². The molecule has 1 atom stereocenters. The largest absolute Gasteiger partial charge is 0.479 e. The van der Waals surface area contributed by atoms with Gasteiger partial charge in [-0.25, -0.2) is 9.78 Å². The summed E-state index contributed by atoms with van der Waals surface area (Å²) >= 11 is 5.87. The van der Waals surface area contributed by atoms with Crippen LogP contribution in [0.5, 0.6) is 0 Å². The summed E-state index contributed by atoms with van der Waals surface area (Å²) in [5.41, 5.74) is 0.125. The summed E-state index contributed by atoms with van der Waals surface area (Å²) in [5, 5.41) is 26.3. The average Bonchev–Trinajstić information content (AvgIpc) is 2.83. The molecule has 21 heavy (non-hydrogen) atoms. The summed E-state index contributed by atoms with van der Waals surface area (Å²) in [5.74, 6) is -1.11. The van der Waals surface area contributed by atoms with E-state index in [1.807, 2.05) is 0 Å². The number of nitro groups is 1. The Balaban J connectivity index is 2.29. The number of rotatable bonds is 5. The predicted octanol–water partition coefficient (Wildman–Crippen LogP) is 1.61. The number of carboxylic acids is 1. The van der Waals surface area contributed by atoms with Crippen LogP contribution in [0.25, 0.3) is 0 Å². The van der Waals surface area contributed by atoms with Crippen molar-refractivity contribution in [3.05, 3.63) is 45.4 Å². The van der Waals surface area contributed by atoms with E-state index in [0.717, 1.165) is 12.3 Å². The minimum atomic E-state index is -1.15. The van der Waals surface area contributed by atoms with E-state index in [2.05, 4.69) is 15.4 Å². The van der Waals surface area contributed by atoms with Crippen LogP contribution in [0.2, 0.25) is 5.02 Å². The summed E-state index contributed by atoms with van der Waals surface area (Å²) in [6.07, 6.45) is 3.92. The lowest BCUT2D eigenvalue weighted by molar-refractivity contribution is -0.385. The standard InChI is InChI=1S/C11H10ClN5O4/c1-16-5-6(3-14-16)9(11(18)19)15-10-8(12)2-7(4-13-10)17(20)21/h2-5,9H,1H3,(H,13,15)(H,18,19). The first-order valence-corrected chi connectivity index (χ1v) is 6.04. The Hall–Kier alpha value is -2.68. The maximum absolute atomic E-state index is 11.3. The average molecular weight is 312 g/mol. The van der Waals surface area contributed by atoms with E-state index in [-0.39, 0.29) is 16.5 Å². The van der Waals surface area contributed by atoms with Crippen LogP contribution in [0.15, 0.2) is 24.7 Å². The lowest BCUT2D eigenvalue weighted by Crippen LogP contribution is -2.21. The number of halogens is 1. The van der Waals surface area contributed by atoms with E-state index in [1.54, 1.807) is 7.05 Å². The zero-order valence-corrected chi connectivity index (χ0v) is 11.5. The molecule has 9 nitrogen and oxygen atoms in total. The third kappa shape index (κ3) is 3.26. The molecule has 0 radical (unpaired) electrons. The van der Waals surface area contributed by atoms with Gasteiger partial charge in [-0.3, -0.25) is 14.8 Å². The van der Waals surface area contributed by atoms with Gasteiger partial charge in [-0.1, -0.05) is 11.6 Å². The Morgan fingerprint density at radius 2 is 2.29 bits per heavy atom. The minimum Gasteiger partial charge on any atom is -0.479 e. The number of aryl methyl sites for hydroxylation is 1. The molecule has 0 aliphatic heterocycles. The highest BCUT2D eigenvalue weighted by atomic mass is 35.5. The fourth-order valence-electron chi connectivity index (χ4n) is 1.65. The molecule has 2 rings (SSSR count). The minimum absolute atomic E-state index is 0.0403. The maximum Gasteiger partial charge on any atom is 0.330 e. The zero-order chi connectivity index (χ0) is 15.6. The predicted molar refractivity (Wildman–Crippen MR) is 73.1 cm³/mol. The van der Waals surface area contributed by atoms with Crippen LogP contribution in [0.1, 0.15) is 11.6 Å². The lowest BCUT2D eigenvalue weighted by atomic mass is 10.1. The van der Waals surface area contributed by atoms with Crippen molar-refractivity contribution in [2.24, 2.45) is 7.05 Å². The fourth-order valence-corrected chi connectivity index (χ4v) is 1.86. The van der Waals surface area contributed by atoms with Crippen molar-refractivity contribution in [2.75, 3.05) is 5.32 Å². The molecule has 2 aromatic heterocycles. The van der Waals surface area contributed by atoms with Crippen LogP contribution in [0.3, 0.4) is 0 Å². The first-order valence-electron chi connectivity index (χ1n) is 5.66. The number of nitrogens with one attached hydrogen (secondary N) is 1. The zero-order valence-electron chi connectivity index (χ0n) is 10.7. The van der Waals surface area contributed by atoms with Crippen molar-refractivity contribution in [1.82, 2.24) is 14.8 Å². The van der Waals surface area contributed by atoms with Gasteiger partial charge >= 0.3 is 5.97 Å². The van der Waals surface area contributed by atoms with E-state index in [9.17, 15) is 20.0 Å². The van der Waals surface area contributed by atoms with Gasteiger partial charge in [0.15, 0.2) is 6.04 Å². The Labute approximate surface area is 123 Å². The van der Waals surface area contributed by atoms with Gasteiger partial charge in [0.1, 0.15) is 12.0 Å². The second-order valence-electron chi connectivity index (χ2n) is 4.14. The van der Waals surface area contributed by atoms with Gasteiger partial charge in [0.05, 0.1) is 16.1 Å². The van der Waals surface area contributed by atoms with Crippen molar-refractivity contribution in [3.63, 3.8) is 0 Å². The SMILES string of the molecule is Cn1cc(C(Nc2ncc([N+](=O)[O-])cc2Cl)C(=O)O)cn1. The normalized spacial score (nSPS) is 11.9. The van der Waals surface area contributed by atoms with E-state index in [1.165, 1.54) is 17.1 Å². The van der Waals surface area contributed by atoms with Crippen molar-refractivity contribution in [3.8, 4) is 0 Å². The third-order valence-corrected chi connectivity index (χ3v) is 2.91. The number of carbonyl (C=O) groups is 1. The number of aliphatic carboxylic acids is 1. The molecule has 0 saturated carbocycles. The molecule has 0 saturated heterocycles. The summed E-state index contributed by atoms with van der Waals surface area (Å²) in [6.45, 7) is 0. The third-order valence-electron chi connectivity index (χ3n) is 2.62. The van der Waals surface area contributed by atoms with Crippen LogP contribution in [-0.2, 0) is 11.8 Å². The number of pyridine rings is 1. The van der Waals surface area contributed by atoms with Gasteiger partial charge in [-0.2, -0.15) is 5.10 Å². The number of hydrogen-bond donors (Lipinski definition) is 2. The van der Waals surface area contributed by atoms with Gasteiger partial charge in [-0.15, -0.1) is 0 Å². The maximum atomic E-state index is 11.3. The highest BCUT2D eigenvalue weighted by Crippen LogP contribution is 2.27. The van der Waals surface area contributed by atoms with Gasteiger partial charge < -0.3 is 10.4 Å². The Bertz CT molecular complexity index is 702. The van der Waals surface area contributed by atoms with E-state index >= 15 is 0 Å². The molecule has 1 unspecified atom stereocenters. The van der Waals surface area contributed by atoms with E-state index in [4.69, 9.17) is 11.6 Å². The van der Waals surface area contributed by atoms with Crippen LogP contribution in [0, 0.1) is 10.1 Å². The number of anilines is 1. The molecule has 0 aliphatic rings. The molecule has 0 fully saturated rings. The molecule has 2 aromatic rings. The molecule has 0 aliphatic carbocycles. The molecule has 0 aromatic carbocycles. The van der Waals surface area contributed by atoms with Crippen LogP contribution in [0.4, 0.5) is 11.5 Å². The lowest BCUT2D eigenvalue weighted by Gasteiger charge is -2.14. The number of aromatic nitrogens is 3. The first-order chi connectivity index (χ1) is 9.88. The molecule has 0 spiro atoms. The smallest absolute Gasteiger partial charge is 0.330 e. The van der Waals surface area contributed by atoms with Gasteiger partial charge in [0.2, 0.25) is 0 Å². The molecule has 10 heteroatoms. The molecule has 0 amide bonds. The Morgan fingerprint density at radius 3 is 2.76 bits per heavy atom. The second-order valence-corrected chi connectivity index (χ2v) is 4.55. The monoisotopic (exact) mass is 311 g/mol. The highest BCUT2D eigenvalue weighted by Gasteiger charge is 2.23. The van der Waals surface area contributed by atoms with Gasteiger partial charge in [0, 0.05) is 24.9 Å². The second kappa shape index (κ2) is 5.75. The van der Waals surface area contributed by atoms with E-state index in [0.29, 0.717) is 5.56 Å². The quantitative estimate of drug-likeness (QED) is 0.635. The first kappa shape index (κ1) is 14.7. The van der Waals surface area contributed by atoms with Crippen molar-refractivity contribution < 1.29 is 14.8 Å². The molecule has 2 heterocycles. The summed E-state index contributed by atoms with van der Waals surface area (Å²) in [4.78, 5) is 25.1. The Kier molecular flexibility index (Phi) is 4.03. The van der Waals surface area contributed by atoms with E-state index < -0.39 is 16.9 Å². The van der Waals surface area contributed by atoms with Crippen LogP contribution >= 0.6 is 11.6 Å². The van der Waals surface area contributed by atoms with Crippen molar-refractivity contribution >= 4 is 29.1 Å². The number of hydrogen-bond acceptors (Lipinski definition) is 6. The van der Waals surface area contributed by atoms with Crippen LogP contribution in [-0.4, -0.2) is 30.8 Å². The van der Waals surface area contributed by atoms with Gasteiger partial charge in [-0.05, 0) is 0 Å². The topological polar surface area (TPSA) is 123 Å². The van der Waals surface area contributed by atoms with Gasteiger partial charge in [0.25, 0.3) is 5.69 Å². The molecule has 0 bridgehead atoms. The number of carboxylic acid groups (broad SMARTS) is 1. The summed E-state index contributed by atoms with van der Waals surface area (Å²) in [6, 6.07) is -0.0240. The van der Waals surface area contributed by atoms with Crippen LogP contribution < -0.4 is 5.32 Å². The fraction of sp³-hybridized carbons (Fsp3) is 0.182. The molecule has 110 valence electrons.